The van der Waals surface area contributed by atoms with E-state index >= 15 is 0 Å². The number of carbonyl (C=O) groups excluding carboxylic acids is 1. The number of fused-ring (bicyclic) bond motifs is 4. The first kappa shape index (κ1) is 24.3. The van der Waals surface area contributed by atoms with Gasteiger partial charge in [0.2, 0.25) is 5.91 Å². The number of ether oxygens (including phenoxy) is 3. The quantitative estimate of drug-likeness (QED) is 0.497. The molecule has 3 fully saturated rings. The minimum absolute atomic E-state index is 0.0151. The highest BCUT2D eigenvalue weighted by molar-refractivity contribution is 5.84. The highest BCUT2D eigenvalue weighted by Crippen LogP contribution is 2.59. The molecule has 1 aliphatic carbocycles. The van der Waals surface area contributed by atoms with Crippen molar-refractivity contribution in [1.82, 2.24) is 30.2 Å². The van der Waals surface area contributed by atoms with Crippen LogP contribution in [0.4, 0.5) is 0 Å². The van der Waals surface area contributed by atoms with Gasteiger partial charge < -0.3 is 24.4 Å². The zero-order chi connectivity index (χ0) is 25.8. The van der Waals surface area contributed by atoms with Crippen LogP contribution in [-0.4, -0.2) is 76.3 Å². The van der Waals surface area contributed by atoms with Crippen LogP contribution in [0, 0.1) is 0 Å². The molecule has 37 heavy (non-hydrogen) atoms. The summed E-state index contributed by atoms with van der Waals surface area (Å²) >= 11 is 0. The molecule has 5 heterocycles. The van der Waals surface area contributed by atoms with Gasteiger partial charge in [-0.05, 0) is 63.7 Å². The number of nitrogens with zero attached hydrogens (tertiary/aromatic N) is 5. The molecule has 3 aliphatic heterocycles. The van der Waals surface area contributed by atoms with E-state index in [1.54, 1.807) is 0 Å². The fourth-order valence-corrected chi connectivity index (χ4v) is 6.16. The number of benzene rings is 1. The smallest absolute Gasteiger partial charge is 0.234 e. The highest BCUT2D eigenvalue weighted by Gasteiger charge is 2.67. The Bertz CT molecular complexity index is 1330. The Morgan fingerprint density at radius 2 is 2.19 bits per heavy atom. The van der Waals surface area contributed by atoms with E-state index in [-0.39, 0.29) is 29.3 Å². The lowest BCUT2D eigenvalue weighted by Crippen LogP contribution is -2.53. The predicted molar refractivity (Wildman–Crippen MR) is 136 cm³/mol. The van der Waals surface area contributed by atoms with E-state index in [0.29, 0.717) is 19.7 Å². The summed E-state index contributed by atoms with van der Waals surface area (Å²) in [6, 6.07) is 6.03. The van der Waals surface area contributed by atoms with Crippen LogP contribution in [0.3, 0.4) is 0 Å². The molecule has 0 spiro atoms. The van der Waals surface area contributed by atoms with E-state index in [2.05, 4.69) is 33.6 Å². The van der Waals surface area contributed by atoms with E-state index in [9.17, 15) is 4.79 Å². The third kappa shape index (κ3) is 4.36. The van der Waals surface area contributed by atoms with Crippen LogP contribution < -0.4 is 10.1 Å². The molecule has 1 aromatic carbocycles. The summed E-state index contributed by atoms with van der Waals surface area (Å²) in [7, 11) is 3.76. The number of hydrogen-bond donors (Lipinski definition) is 1. The normalized spacial score (nSPS) is 27.1. The molecule has 7 rings (SSSR count). The lowest BCUT2D eigenvalue weighted by molar-refractivity contribution is -0.122. The lowest BCUT2D eigenvalue weighted by Gasteiger charge is -2.43. The Morgan fingerprint density at radius 1 is 1.35 bits per heavy atom. The van der Waals surface area contributed by atoms with Crippen molar-refractivity contribution in [3.63, 3.8) is 0 Å². The summed E-state index contributed by atoms with van der Waals surface area (Å²) < 4.78 is 20.2. The van der Waals surface area contributed by atoms with Crippen molar-refractivity contribution in [1.29, 1.82) is 0 Å². The number of carbonyl (C=O) groups is 1. The van der Waals surface area contributed by atoms with E-state index in [1.165, 1.54) is 5.56 Å². The summed E-state index contributed by atoms with van der Waals surface area (Å²) in [4.78, 5) is 18.6. The molecule has 2 aromatic heterocycles. The third-order valence-corrected chi connectivity index (χ3v) is 7.82. The minimum Gasteiger partial charge on any atom is -0.484 e. The zero-order valence-corrected chi connectivity index (χ0v) is 21.9. The van der Waals surface area contributed by atoms with Gasteiger partial charge >= 0.3 is 0 Å². The fourth-order valence-electron chi connectivity index (χ4n) is 6.16. The number of nitrogens with one attached hydrogen (secondary N) is 1. The average molecular weight is 507 g/mol. The molecule has 196 valence electrons. The number of pyridine rings is 1. The molecule has 4 aliphatic rings. The van der Waals surface area contributed by atoms with Gasteiger partial charge in [-0.15, -0.1) is 5.10 Å². The van der Waals surface area contributed by atoms with Crippen molar-refractivity contribution in [2.24, 2.45) is 0 Å². The van der Waals surface area contributed by atoms with Crippen LogP contribution in [0.15, 0.2) is 30.6 Å². The summed E-state index contributed by atoms with van der Waals surface area (Å²) in [5.74, 6) is 0.759. The molecule has 3 aromatic rings. The van der Waals surface area contributed by atoms with Crippen molar-refractivity contribution in [2.75, 3.05) is 33.8 Å². The van der Waals surface area contributed by atoms with Crippen molar-refractivity contribution >= 4 is 16.8 Å². The Balaban J connectivity index is 1.18. The number of rotatable bonds is 8. The monoisotopic (exact) mass is 506 g/mol. The van der Waals surface area contributed by atoms with Crippen LogP contribution >= 0.6 is 0 Å². The largest absolute Gasteiger partial charge is 0.484 e. The molecule has 1 unspecified atom stereocenters. The van der Waals surface area contributed by atoms with Crippen LogP contribution in [0.25, 0.3) is 10.9 Å². The first-order valence-electron chi connectivity index (χ1n) is 12.9. The number of hydrogen-bond acceptors (Lipinski definition) is 8. The molecule has 2 saturated heterocycles. The van der Waals surface area contributed by atoms with Crippen molar-refractivity contribution in [3.8, 4) is 5.75 Å². The lowest BCUT2D eigenvalue weighted by atomic mass is 9.67. The molecule has 10 nitrogen and oxygen atoms in total. The molecular formula is C27H34N6O4. The fraction of sp³-hybridized carbons (Fsp3) is 0.556. The van der Waals surface area contributed by atoms with Gasteiger partial charge in [-0.2, -0.15) is 0 Å². The van der Waals surface area contributed by atoms with Crippen LogP contribution in [-0.2, 0) is 32.8 Å². The van der Waals surface area contributed by atoms with Crippen LogP contribution in [0.1, 0.15) is 49.6 Å². The third-order valence-electron chi connectivity index (χ3n) is 7.82. The Hall–Kier alpha value is -3.08. The van der Waals surface area contributed by atoms with E-state index in [1.807, 2.05) is 55.1 Å². The van der Waals surface area contributed by atoms with Crippen LogP contribution in [0.2, 0.25) is 0 Å². The second-order valence-corrected chi connectivity index (χ2v) is 11.1. The van der Waals surface area contributed by atoms with Gasteiger partial charge in [0, 0.05) is 31.0 Å². The Kier molecular flexibility index (Phi) is 5.93. The molecule has 1 amide bonds. The molecule has 1 saturated carbocycles. The predicted octanol–water partition coefficient (Wildman–Crippen LogP) is 2.36. The van der Waals surface area contributed by atoms with Crippen molar-refractivity contribution in [2.45, 2.75) is 63.1 Å². The van der Waals surface area contributed by atoms with Crippen molar-refractivity contribution < 1.29 is 19.0 Å². The van der Waals surface area contributed by atoms with Gasteiger partial charge in [-0.3, -0.25) is 9.78 Å². The number of likely N-dealkylation sites (N-methyl/N-ethyl adjacent to an activating group) is 1. The molecule has 2 atom stereocenters. The zero-order valence-electron chi connectivity index (χ0n) is 21.9. The van der Waals surface area contributed by atoms with Crippen LogP contribution in [0.5, 0.6) is 5.75 Å². The van der Waals surface area contributed by atoms with Crippen molar-refractivity contribution in [3.05, 3.63) is 47.4 Å². The summed E-state index contributed by atoms with van der Waals surface area (Å²) in [6.07, 6.45) is 6.01. The first-order chi connectivity index (χ1) is 17.7. The summed E-state index contributed by atoms with van der Waals surface area (Å²) in [5.41, 5.74) is 3.66. The van der Waals surface area contributed by atoms with E-state index in [4.69, 9.17) is 14.2 Å². The second kappa shape index (κ2) is 9.04. The second-order valence-electron chi connectivity index (χ2n) is 11.1. The van der Waals surface area contributed by atoms with Gasteiger partial charge in [0.15, 0.2) is 0 Å². The topological polar surface area (TPSA) is 104 Å². The SMILES string of the molecule is C[C@@H](Oc1ccc2ncc3c(c2c1)CCOC3)c1cn(C23CC(C)(C2)OC3CNC(=O)CN(C)C)nn1. The molecule has 1 N–H and O–H groups in total. The maximum Gasteiger partial charge on any atom is 0.234 e. The maximum atomic E-state index is 12.2. The van der Waals surface area contributed by atoms with E-state index in [0.717, 1.165) is 53.8 Å². The standard InChI is InChI=1S/C27H34N6O4/c1-17(36-19-5-6-22-21(9-19)20-7-8-35-14-18(20)10-28-22)23-12-33(31-30-23)27-15-26(2,16-27)37-24(27)11-29-25(34)13-32(3)4/h5-6,9-10,12,17,24H,7-8,11,13-16H2,1-4H3,(H,29,34)/t17-,24?,26?,27?/m1/s1. The van der Waals surface area contributed by atoms with Gasteiger partial charge in [0.05, 0.1) is 42.6 Å². The highest BCUT2D eigenvalue weighted by atomic mass is 16.5. The Morgan fingerprint density at radius 3 is 3.00 bits per heavy atom. The number of aromatic nitrogens is 4. The van der Waals surface area contributed by atoms with E-state index < -0.39 is 0 Å². The maximum absolute atomic E-state index is 12.2. The number of amides is 1. The molecule has 2 bridgehead atoms. The summed E-state index contributed by atoms with van der Waals surface area (Å²) in [5, 5.41) is 13.1. The average Bonchev–Trinajstić information content (AvgIpc) is 3.53. The van der Waals surface area contributed by atoms with Gasteiger partial charge in [0.1, 0.15) is 23.7 Å². The summed E-state index contributed by atoms with van der Waals surface area (Å²) in [6.45, 7) is 6.23. The Labute approximate surface area is 216 Å². The van der Waals surface area contributed by atoms with Gasteiger partial charge in [0.25, 0.3) is 0 Å². The van der Waals surface area contributed by atoms with Gasteiger partial charge in [-0.25, -0.2) is 4.68 Å². The minimum atomic E-state index is -0.305. The first-order valence-corrected chi connectivity index (χ1v) is 12.9. The molecular weight excluding hydrogens is 472 g/mol. The molecule has 0 radical (unpaired) electrons. The molecule has 10 heteroatoms. The van der Waals surface area contributed by atoms with Gasteiger partial charge in [-0.1, -0.05) is 5.21 Å².